The predicted octanol–water partition coefficient (Wildman–Crippen LogP) is 2.72. The first-order valence-electron chi connectivity index (χ1n) is 8.30. The fourth-order valence-electron chi connectivity index (χ4n) is 3.27. The van der Waals surface area contributed by atoms with E-state index in [0.717, 1.165) is 24.9 Å². The van der Waals surface area contributed by atoms with Gasteiger partial charge < -0.3 is 4.90 Å². The van der Waals surface area contributed by atoms with Crippen LogP contribution in [0.2, 0.25) is 0 Å². The van der Waals surface area contributed by atoms with Crippen molar-refractivity contribution in [1.82, 2.24) is 24.9 Å². The van der Waals surface area contributed by atoms with E-state index >= 15 is 0 Å². The lowest BCUT2D eigenvalue weighted by Crippen LogP contribution is -2.38. The van der Waals surface area contributed by atoms with Gasteiger partial charge in [-0.2, -0.15) is 10.2 Å². The molecule has 1 saturated heterocycles. The molecule has 1 N–H and O–H groups in total. The Morgan fingerprint density at radius 2 is 2.16 bits per heavy atom. The minimum Gasteiger partial charge on any atom is -0.332 e. The largest absolute Gasteiger partial charge is 0.332 e. The van der Waals surface area contributed by atoms with Crippen molar-refractivity contribution in [3.05, 3.63) is 60.3 Å². The molecule has 0 radical (unpaired) electrons. The van der Waals surface area contributed by atoms with E-state index in [0.29, 0.717) is 17.9 Å². The second-order valence-electron chi connectivity index (χ2n) is 6.20. The van der Waals surface area contributed by atoms with E-state index < -0.39 is 0 Å². The Bertz CT molecular complexity index is 856. The van der Waals surface area contributed by atoms with Gasteiger partial charge in [0.15, 0.2) is 0 Å². The molecule has 0 unspecified atom stereocenters. The number of H-pyrrole nitrogens is 1. The predicted molar refractivity (Wildman–Crippen MR) is 90.3 cm³/mol. The number of amides is 1. The van der Waals surface area contributed by atoms with E-state index in [1.54, 1.807) is 24.4 Å². The van der Waals surface area contributed by atoms with Crippen molar-refractivity contribution in [1.29, 1.82) is 0 Å². The van der Waals surface area contributed by atoms with Crippen molar-refractivity contribution < 1.29 is 9.18 Å². The number of rotatable bonds is 4. The van der Waals surface area contributed by atoms with Crippen LogP contribution < -0.4 is 0 Å². The summed E-state index contributed by atoms with van der Waals surface area (Å²) in [5, 5.41) is 11.2. The van der Waals surface area contributed by atoms with Gasteiger partial charge in [-0.05, 0) is 49.2 Å². The molecular formula is C18H18FN5O. The summed E-state index contributed by atoms with van der Waals surface area (Å²) in [6, 6.07) is 9.79. The van der Waals surface area contributed by atoms with Crippen LogP contribution in [-0.2, 0) is 6.54 Å². The van der Waals surface area contributed by atoms with Crippen molar-refractivity contribution in [2.75, 3.05) is 6.54 Å². The van der Waals surface area contributed by atoms with Gasteiger partial charge in [-0.25, -0.2) is 4.39 Å². The van der Waals surface area contributed by atoms with Gasteiger partial charge in [0.1, 0.15) is 11.5 Å². The normalized spacial score (nSPS) is 17.2. The van der Waals surface area contributed by atoms with Crippen LogP contribution in [0.5, 0.6) is 0 Å². The fraction of sp³-hybridized carbons (Fsp3) is 0.278. The zero-order chi connectivity index (χ0) is 17.2. The van der Waals surface area contributed by atoms with Crippen molar-refractivity contribution in [3.63, 3.8) is 0 Å². The second kappa shape index (κ2) is 6.51. The lowest BCUT2D eigenvalue weighted by Gasteiger charge is -2.24. The molecule has 0 saturated carbocycles. The smallest absolute Gasteiger partial charge is 0.272 e. The molecule has 1 aromatic carbocycles. The molecule has 4 rings (SSSR count). The quantitative estimate of drug-likeness (QED) is 0.795. The summed E-state index contributed by atoms with van der Waals surface area (Å²) in [5.74, 6) is -0.357. The molecule has 25 heavy (non-hydrogen) atoms. The highest BCUT2D eigenvalue weighted by Gasteiger charge is 2.30. The van der Waals surface area contributed by atoms with Gasteiger partial charge in [0.05, 0.1) is 18.3 Å². The monoisotopic (exact) mass is 339 g/mol. The number of nitrogens with one attached hydrogen (secondary N) is 1. The Kier molecular flexibility index (Phi) is 4.05. The highest BCUT2D eigenvalue weighted by molar-refractivity contribution is 5.93. The fourth-order valence-corrected chi connectivity index (χ4v) is 3.27. The molecule has 1 aliphatic rings. The topological polar surface area (TPSA) is 66.8 Å². The molecule has 128 valence electrons. The van der Waals surface area contributed by atoms with E-state index in [1.807, 2.05) is 21.8 Å². The molecule has 3 aromatic rings. The maximum atomic E-state index is 13.0. The third-order valence-electron chi connectivity index (χ3n) is 4.54. The summed E-state index contributed by atoms with van der Waals surface area (Å²) in [4.78, 5) is 14.7. The van der Waals surface area contributed by atoms with Crippen molar-refractivity contribution in [3.8, 4) is 11.3 Å². The van der Waals surface area contributed by atoms with Gasteiger partial charge in [-0.3, -0.25) is 14.6 Å². The molecule has 0 bridgehead atoms. The molecule has 0 spiro atoms. The standard InChI is InChI=1S/C18H18FN5O/c19-14-6-4-13(5-7-14)16-11-17(22-21-16)18(25)24-10-1-3-15(24)12-23-9-2-8-20-23/h2,4-9,11,15H,1,3,10,12H2,(H,21,22)/t15-/m0/s1. The minimum absolute atomic E-state index is 0.0597. The lowest BCUT2D eigenvalue weighted by molar-refractivity contribution is 0.0715. The van der Waals surface area contributed by atoms with Crippen LogP contribution in [0.3, 0.4) is 0 Å². The molecule has 1 fully saturated rings. The Labute approximate surface area is 144 Å². The molecule has 2 aromatic heterocycles. The summed E-state index contributed by atoms with van der Waals surface area (Å²) < 4.78 is 14.9. The van der Waals surface area contributed by atoms with E-state index in [1.165, 1.54) is 12.1 Å². The molecule has 1 amide bonds. The number of hydrogen-bond donors (Lipinski definition) is 1. The Balaban J connectivity index is 1.51. The Morgan fingerprint density at radius 1 is 1.32 bits per heavy atom. The maximum Gasteiger partial charge on any atom is 0.272 e. The number of carbonyl (C=O) groups excluding carboxylic acids is 1. The average molecular weight is 339 g/mol. The molecule has 0 aliphatic carbocycles. The highest BCUT2D eigenvalue weighted by atomic mass is 19.1. The van der Waals surface area contributed by atoms with Crippen LogP contribution in [0.15, 0.2) is 48.8 Å². The number of likely N-dealkylation sites (tertiary alicyclic amines) is 1. The van der Waals surface area contributed by atoms with Gasteiger partial charge in [-0.15, -0.1) is 0 Å². The van der Waals surface area contributed by atoms with Crippen LogP contribution in [0, 0.1) is 5.82 Å². The first-order valence-corrected chi connectivity index (χ1v) is 8.30. The van der Waals surface area contributed by atoms with Crippen molar-refractivity contribution in [2.45, 2.75) is 25.4 Å². The number of aromatic nitrogens is 4. The van der Waals surface area contributed by atoms with Crippen molar-refractivity contribution in [2.24, 2.45) is 0 Å². The summed E-state index contributed by atoms with van der Waals surface area (Å²) in [5.41, 5.74) is 1.85. The molecule has 1 aliphatic heterocycles. The Morgan fingerprint density at radius 3 is 2.92 bits per heavy atom. The number of hydrogen-bond acceptors (Lipinski definition) is 3. The third kappa shape index (κ3) is 3.17. The average Bonchev–Trinajstić information content (AvgIpc) is 3.37. The number of carbonyl (C=O) groups is 1. The van der Waals surface area contributed by atoms with Gasteiger partial charge >= 0.3 is 0 Å². The zero-order valence-corrected chi connectivity index (χ0v) is 13.6. The third-order valence-corrected chi connectivity index (χ3v) is 4.54. The van der Waals surface area contributed by atoms with Crippen LogP contribution in [-0.4, -0.2) is 43.4 Å². The van der Waals surface area contributed by atoms with E-state index in [9.17, 15) is 9.18 Å². The van der Waals surface area contributed by atoms with E-state index in [-0.39, 0.29) is 17.8 Å². The van der Waals surface area contributed by atoms with Gasteiger partial charge in [-0.1, -0.05) is 0 Å². The first-order chi connectivity index (χ1) is 12.2. The summed E-state index contributed by atoms with van der Waals surface area (Å²) >= 11 is 0. The molecule has 3 heterocycles. The van der Waals surface area contributed by atoms with Crippen LogP contribution in [0.1, 0.15) is 23.3 Å². The second-order valence-corrected chi connectivity index (χ2v) is 6.20. The Hall–Kier alpha value is -2.96. The van der Waals surface area contributed by atoms with Crippen molar-refractivity contribution >= 4 is 5.91 Å². The molecular weight excluding hydrogens is 321 g/mol. The van der Waals surface area contributed by atoms with Crippen LogP contribution >= 0.6 is 0 Å². The minimum atomic E-state index is -0.297. The molecule has 6 nitrogen and oxygen atoms in total. The number of aromatic amines is 1. The van der Waals surface area contributed by atoms with Crippen LogP contribution in [0.25, 0.3) is 11.3 Å². The molecule has 1 atom stereocenters. The summed E-state index contributed by atoms with van der Waals surface area (Å²) in [7, 11) is 0. The van der Waals surface area contributed by atoms with Gasteiger partial charge in [0.25, 0.3) is 5.91 Å². The van der Waals surface area contributed by atoms with Gasteiger partial charge in [0, 0.05) is 24.5 Å². The lowest BCUT2D eigenvalue weighted by atomic mass is 10.1. The summed E-state index contributed by atoms with van der Waals surface area (Å²) in [6.45, 7) is 1.42. The SMILES string of the molecule is O=C(c1cc(-c2ccc(F)cc2)n[nH]1)N1CCC[C@H]1Cn1cccn1. The maximum absolute atomic E-state index is 13.0. The van der Waals surface area contributed by atoms with E-state index in [2.05, 4.69) is 15.3 Å². The number of benzene rings is 1. The summed E-state index contributed by atoms with van der Waals surface area (Å²) in [6.07, 6.45) is 5.59. The van der Waals surface area contributed by atoms with Crippen LogP contribution in [0.4, 0.5) is 4.39 Å². The zero-order valence-electron chi connectivity index (χ0n) is 13.6. The number of nitrogens with zero attached hydrogens (tertiary/aromatic N) is 4. The van der Waals surface area contributed by atoms with Gasteiger partial charge in [0.2, 0.25) is 0 Å². The number of halogens is 1. The van der Waals surface area contributed by atoms with E-state index in [4.69, 9.17) is 0 Å². The first kappa shape index (κ1) is 15.6. The highest BCUT2D eigenvalue weighted by Crippen LogP contribution is 2.23. The molecule has 7 heteroatoms.